The second-order valence-electron chi connectivity index (χ2n) is 5.01. The molecule has 1 amide bonds. The van der Waals surface area contributed by atoms with E-state index in [9.17, 15) is 4.79 Å². The average molecular weight is 331 g/mol. The summed E-state index contributed by atoms with van der Waals surface area (Å²) in [5.41, 5.74) is 6.54. The number of piperidine rings is 1. The summed E-state index contributed by atoms with van der Waals surface area (Å²) in [6, 6.07) is 5.26. The molecule has 1 aromatic carbocycles. The Bertz CT molecular complexity index is 536. The van der Waals surface area contributed by atoms with Gasteiger partial charge in [0.25, 0.3) is 0 Å². The van der Waals surface area contributed by atoms with E-state index in [0.29, 0.717) is 28.0 Å². The predicted octanol–water partition coefficient (Wildman–Crippen LogP) is 3.06. The molecular weight excluding hydrogens is 315 g/mol. The molecule has 1 aromatic rings. The Morgan fingerprint density at radius 3 is 2.80 bits per heavy atom. The van der Waals surface area contributed by atoms with Crippen LogP contribution in [0.25, 0.3) is 0 Å². The number of thiocarbonyl (C=S) groups is 1. The molecule has 2 rings (SSSR count). The van der Waals surface area contributed by atoms with Gasteiger partial charge in [0.05, 0.1) is 21.5 Å². The van der Waals surface area contributed by atoms with E-state index in [-0.39, 0.29) is 11.8 Å². The topological polar surface area (TPSA) is 46.3 Å². The van der Waals surface area contributed by atoms with Gasteiger partial charge in [0.1, 0.15) is 0 Å². The van der Waals surface area contributed by atoms with Crippen molar-refractivity contribution in [1.29, 1.82) is 0 Å². The summed E-state index contributed by atoms with van der Waals surface area (Å²) in [7, 11) is 0. The van der Waals surface area contributed by atoms with Crippen molar-refractivity contribution in [3.05, 3.63) is 33.8 Å². The number of rotatable bonds is 3. The molecule has 2 N–H and O–H groups in total. The molecule has 0 saturated carbocycles. The van der Waals surface area contributed by atoms with E-state index in [1.165, 1.54) is 0 Å². The van der Waals surface area contributed by atoms with Crippen molar-refractivity contribution in [2.45, 2.75) is 19.3 Å². The van der Waals surface area contributed by atoms with E-state index in [1.54, 1.807) is 12.1 Å². The number of carbonyl (C=O) groups excluding carboxylic acids is 1. The number of amides is 1. The van der Waals surface area contributed by atoms with Crippen LogP contribution in [0.15, 0.2) is 18.2 Å². The highest BCUT2D eigenvalue weighted by atomic mass is 35.5. The third kappa shape index (κ3) is 3.84. The van der Waals surface area contributed by atoms with Crippen molar-refractivity contribution in [3.8, 4) is 0 Å². The molecule has 20 heavy (non-hydrogen) atoms. The van der Waals surface area contributed by atoms with Crippen molar-refractivity contribution in [2.24, 2.45) is 11.7 Å². The molecule has 1 atom stereocenters. The standard InChI is InChI=1S/C14H16Cl2N2OS/c15-11-4-3-9(6-12(11)16)7-13(19)18-5-1-2-10(8-18)14(17)20/h3-4,6,10H,1-2,5,7-8H2,(H2,17,20). The van der Waals surface area contributed by atoms with Gasteiger partial charge in [-0.15, -0.1) is 0 Å². The van der Waals surface area contributed by atoms with Gasteiger partial charge in [0.2, 0.25) is 5.91 Å². The first-order valence-corrected chi connectivity index (χ1v) is 7.65. The maximum absolute atomic E-state index is 12.3. The number of likely N-dealkylation sites (tertiary alicyclic amines) is 1. The van der Waals surface area contributed by atoms with Crippen molar-refractivity contribution in [3.63, 3.8) is 0 Å². The highest BCUT2D eigenvalue weighted by Crippen LogP contribution is 2.23. The monoisotopic (exact) mass is 330 g/mol. The summed E-state index contributed by atoms with van der Waals surface area (Å²) < 4.78 is 0. The molecule has 0 aromatic heterocycles. The normalized spacial score (nSPS) is 18.9. The zero-order chi connectivity index (χ0) is 14.7. The molecule has 0 aliphatic carbocycles. The van der Waals surface area contributed by atoms with E-state index in [4.69, 9.17) is 41.2 Å². The van der Waals surface area contributed by atoms with Crippen LogP contribution in [0.3, 0.4) is 0 Å². The van der Waals surface area contributed by atoms with Crippen molar-refractivity contribution in [2.75, 3.05) is 13.1 Å². The SMILES string of the molecule is NC(=S)C1CCCN(C(=O)Cc2ccc(Cl)c(Cl)c2)C1. The maximum Gasteiger partial charge on any atom is 0.227 e. The minimum atomic E-state index is 0.0735. The van der Waals surface area contributed by atoms with Crippen LogP contribution in [0.2, 0.25) is 10.0 Å². The van der Waals surface area contributed by atoms with Gasteiger partial charge >= 0.3 is 0 Å². The molecule has 108 valence electrons. The van der Waals surface area contributed by atoms with Gasteiger partial charge in [-0.3, -0.25) is 4.79 Å². The van der Waals surface area contributed by atoms with Crippen LogP contribution < -0.4 is 5.73 Å². The molecule has 1 aliphatic heterocycles. The Morgan fingerprint density at radius 1 is 1.40 bits per heavy atom. The lowest BCUT2D eigenvalue weighted by Gasteiger charge is -2.32. The van der Waals surface area contributed by atoms with E-state index in [2.05, 4.69) is 0 Å². The molecule has 0 spiro atoms. The third-order valence-corrected chi connectivity index (χ3v) is 4.59. The molecule has 0 radical (unpaired) electrons. The molecule has 1 aliphatic rings. The smallest absolute Gasteiger partial charge is 0.227 e. The second kappa shape index (κ2) is 6.74. The lowest BCUT2D eigenvalue weighted by molar-refractivity contribution is -0.131. The van der Waals surface area contributed by atoms with Crippen molar-refractivity contribution in [1.82, 2.24) is 4.90 Å². The first-order chi connectivity index (χ1) is 9.47. The Balaban J connectivity index is 2.00. The summed E-state index contributed by atoms with van der Waals surface area (Å²) in [6.45, 7) is 1.38. The van der Waals surface area contributed by atoms with Crippen molar-refractivity contribution >= 4 is 46.3 Å². The number of halogens is 2. The third-order valence-electron chi connectivity index (χ3n) is 3.52. The Labute approximate surface area is 134 Å². The second-order valence-corrected chi connectivity index (χ2v) is 6.29. The van der Waals surface area contributed by atoms with Crippen molar-refractivity contribution < 1.29 is 4.79 Å². The highest BCUT2D eigenvalue weighted by molar-refractivity contribution is 7.80. The Hall–Kier alpha value is -0.840. The first kappa shape index (κ1) is 15.5. The van der Waals surface area contributed by atoms with Gasteiger partial charge in [-0.25, -0.2) is 0 Å². The molecule has 3 nitrogen and oxygen atoms in total. The molecule has 0 bridgehead atoms. The average Bonchev–Trinajstić information content (AvgIpc) is 2.43. The number of hydrogen-bond donors (Lipinski definition) is 1. The lowest BCUT2D eigenvalue weighted by atomic mass is 9.97. The maximum atomic E-state index is 12.3. The quantitative estimate of drug-likeness (QED) is 0.866. The van der Waals surface area contributed by atoms with Gasteiger partial charge in [0, 0.05) is 19.0 Å². The van der Waals surface area contributed by atoms with E-state index < -0.39 is 0 Å². The zero-order valence-corrected chi connectivity index (χ0v) is 13.3. The minimum absolute atomic E-state index is 0.0735. The molecule has 6 heteroatoms. The van der Waals surface area contributed by atoms with Crippen LogP contribution in [-0.2, 0) is 11.2 Å². The molecular formula is C14H16Cl2N2OS. The van der Waals surface area contributed by atoms with Gasteiger partial charge in [-0.2, -0.15) is 0 Å². The summed E-state index contributed by atoms with van der Waals surface area (Å²) in [6.07, 6.45) is 2.22. The molecule has 1 unspecified atom stereocenters. The fourth-order valence-corrected chi connectivity index (χ4v) is 2.88. The summed E-state index contributed by atoms with van der Waals surface area (Å²) in [4.78, 5) is 14.6. The van der Waals surface area contributed by atoms with E-state index >= 15 is 0 Å². The zero-order valence-electron chi connectivity index (χ0n) is 10.9. The largest absolute Gasteiger partial charge is 0.393 e. The van der Waals surface area contributed by atoms with Gasteiger partial charge in [-0.05, 0) is 30.5 Å². The van der Waals surface area contributed by atoms with Crippen LogP contribution in [0.5, 0.6) is 0 Å². The minimum Gasteiger partial charge on any atom is -0.393 e. The number of hydrogen-bond acceptors (Lipinski definition) is 2. The summed E-state index contributed by atoms with van der Waals surface area (Å²) in [5.74, 6) is 0.209. The van der Waals surface area contributed by atoms with Crippen LogP contribution in [0, 0.1) is 5.92 Å². The fourth-order valence-electron chi connectivity index (χ4n) is 2.37. The van der Waals surface area contributed by atoms with Gasteiger partial charge in [0.15, 0.2) is 0 Å². The number of benzene rings is 1. The predicted molar refractivity (Wildman–Crippen MR) is 86.3 cm³/mol. The van der Waals surface area contributed by atoms with Crippen LogP contribution >= 0.6 is 35.4 Å². The fraction of sp³-hybridized carbons (Fsp3) is 0.429. The first-order valence-electron chi connectivity index (χ1n) is 6.48. The van der Waals surface area contributed by atoms with Crippen LogP contribution in [0.1, 0.15) is 18.4 Å². The lowest BCUT2D eigenvalue weighted by Crippen LogP contribution is -2.44. The molecule has 1 saturated heterocycles. The summed E-state index contributed by atoms with van der Waals surface area (Å²) >= 11 is 16.8. The number of carbonyl (C=O) groups is 1. The summed E-state index contributed by atoms with van der Waals surface area (Å²) in [5, 5.41) is 0.964. The molecule has 1 heterocycles. The van der Waals surface area contributed by atoms with Gasteiger partial charge < -0.3 is 10.6 Å². The van der Waals surface area contributed by atoms with Crippen LogP contribution in [-0.4, -0.2) is 28.9 Å². The van der Waals surface area contributed by atoms with E-state index in [0.717, 1.165) is 24.9 Å². The highest BCUT2D eigenvalue weighted by Gasteiger charge is 2.25. The Morgan fingerprint density at radius 2 is 2.15 bits per heavy atom. The molecule has 1 fully saturated rings. The van der Waals surface area contributed by atoms with Gasteiger partial charge in [-0.1, -0.05) is 41.5 Å². The Kier molecular flexibility index (Phi) is 5.24. The van der Waals surface area contributed by atoms with E-state index in [1.807, 2.05) is 11.0 Å². The van der Waals surface area contributed by atoms with Crippen LogP contribution in [0.4, 0.5) is 0 Å². The number of nitrogens with zero attached hydrogens (tertiary/aromatic N) is 1. The number of nitrogens with two attached hydrogens (primary N) is 1.